The molecule has 0 amide bonds. The molecule has 0 saturated carbocycles. The van der Waals surface area contributed by atoms with Crippen molar-refractivity contribution in [2.75, 3.05) is 0 Å². The van der Waals surface area contributed by atoms with E-state index >= 15 is 0 Å². The van der Waals surface area contributed by atoms with E-state index in [2.05, 4.69) is 15.0 Å². The lowest BCUT2D eigenvalue weighted by Gasteiger charge is -2.21. The third-order valence-electron chi connectivity index (χ3n) is 2.80. The number of halogens is 1. The number of sulfonamides is 1. The first-order chi connectivity index (χ1) is 10.5. The van der Waals surface area contributed by atoms with Gasteiger partial charge in [-0.2, -0.15) is 0 Å². The number of benzene rings is 1. The number of hydrogen-bond acceptors (Lipinski definition) is 3. The summed E-state index contributed by atoms with van der Waals surface area (Å²) in [5.74, 6) is 0.277. The second-order valence-corrected chi connectivity index (χ2v) is 8.63. The number of nitrogens with two attached hydrogens (primary N) is 1. The summed E-state index contributed by atoms with van der Waals surface area (Å²) in [6, 6.07) is 7.23. The molecule has 0 aliphatic rings. The Kier molecular flexibility index (Phi) is 9.22. The smallest absolute Gasteiger partial charge is 0.216 e. The summed E-state index contributed by atoms with van der Waals surface area (Å²) in [4.78, 5) is 4.30. The molecule has 0 spiro atoms. The first-order valence-corrected chi connectivity index (χ1v) is 9.28. The molecule has 0 heterocycles. The van der Waals surface area contributed by atoms with Crippen LogP contribution in [0.4, 0.5) is 0 Å². The Morgan fingerprint density at radius 1 is 1.21 bits per heavy atom. The van der Waals surface area contributed by atoms with Gasteiger partial charge in [-0.1, -0.05) is 24.3 Å². The Hall–Kier alpha value is -0.870. The Labute approximate surface area is 162 Å². The van der Waals surface area contributed by atoms with Crippen molar-refractivity contribution in [3.8, 4) is 0 Å². The fourth-order valence-corrected chi connectivity index (χ4v) is 3.54. The lowest BCUT2D eigenvalue weighted by atomic mass is 10.1. The molecule has 8 heteroatoms. The summed E-state index contributed by atoms with van der Waals surface area (Å²) >= 11 is 0. The van der Waals surface area contributed by atoms with Crippen LogP contribution in [0.25, 0.3) is 0 Å². The Bertz CT molecular complexity index is 652. The molecular weight excluding hydrogens is 439 g/mol. The van der Waals surface area contributed by atoms with Crippen LogP contribution >= 0.6 is 24.0 Å². The van der Waals surface area contributed by atoms with E-state index in [-0.39, 0.29) is 41.3 Å². The zero-order valence-corrected chi connectivity index (χ0v) is 18.1. The minimum absolute atomic E-state index is 0. The van der Waals surface area contributed by atoms with Crippen molar-refractivity contribution in [2.45, 2.75) is 58.5 Å². The lowest BCUT2D eigenvalue weighted by molar-refractivity contribution is 0.508. The fraction of sp³-hybridized carbons (Fsp3) is 0.562. The Morgan fingerprint density at radius 3 is 2.25 bits per heavy atom. The molecule has 0 unspecified atom stereocenters. The molecule has 1 aromatic rings. The number of guanidine groups is 1. The van der Waals surface area contributed by atoms with Gasteiger partial charge in [0.2, 0.25) is 10.0 Å². The molecule has 6 nitrogen and oxygen atoms in total. The summed E-state index contributed by atoms with van der Waals surface area (Å²) in [7, 11) is -3.37. The van der Waals surface area contributed by atoms with Gasteiger partial charge in [-0.15, -0.1) is 24.0 Å². The van der Waals surface area contributed by atoms with Gasteiger partial charge in [-0.25, -0.2) is 18.1 Å². The third kappa shape index (κ3) is 9.43. The van der Waals surface area contributed by atoms with E-state index in [1.165, 1.54) is 0 Å². The summed E-state index contributed by atoms with van der Waals surface area (Å²) in [5.41, 5.74) is 7.27. The van der Waals surface area contributed by atoms with Gasteiger partial charge in [-0.3, -0.25) is 0 Å². The summed E-state index contributed by atoms with van der Waals surface area (Å²) < 4.78 is 26.8. The van der Waals surface area contributed by atoms with Gasteiger partial charge in [0.1, 0.15) is 0 Å². The number of aliphatic imine (C=N–C) groups is 1. The second kappa shape index (κ2) is 9.57. The van der Waals surface area contributed by atoms with Crippen molar-refractivity contribution in [3.05, 3.63) is 35.4 Å². The first kappa shape index (κ1) is 23.1. The number of nitrogens with one attached hydrogen (secondary N) is 2. The highest BCUT2D eigenvalue weighted by Gasteiger charge is 2.15. The monoisotopic (exact) mass is 468 g/mol. The Balaban J connectivity index is 0.00000529. The van der Waals surface area contributed by atoms with Crippen LogP contribution in [0.2, 0.25) is 0 Å². The van der Waals surface area contributed by atoms with Crippen LogP contribution in [-0.4, -0.2) is 26.0 Å². The first-order valence-electron chi connectivity index (χ1n) is 7.63. The molecule has 0 aromatic heterocycles. The van der Waals surface area contributed by atoms with Crippen molar-refractivity contribution >= 4 is 40.0 Å². The van der Waals surface area contributed by atoms with Gasteiger partial charge < -0.3 is 11.1 Å². The topological polar surface area (TPSA) is 96.6 Å². The zero-order valence-electron chi connectivity index (χ0n) is 15.0. The molecule has 0 fully saturated rings. The highest BCUT2D eigenvalue weighted by Crippen LogP contribution is 2.13. The molecule has 0 saturated heterocycles. The van der Waals surface area contributed by atoms with Crippen LogP contribution in [-0.2, 0) is 22.3 Å². The molecule has 0 aliphatic carbocycles. The SMILES string of the molecule is CC(C)NS(=O)(=O)Cc1ccccc1CN=C(N)NC(C)(C)C.I. The van der Waals surface area contributed by atoms with Crippen LogP contribution < -0.4 is 15.8 Å². The molecule has 1 rings (SSSR count). The Morgan fingerprint density at radius 2 is 1.75 bits per heavy atom. The van der Waals surface area contributed by atoms with Gasteiger partial charge in [0.05, 0.1) is 12.3 Å². The van der Waals surface area contributed by atoms with E-state index in [0.717, 1.165) is 11.1 Å². The largest absolute Gasteiger partial charge is 0.370 e. The van der Waals surface area contributed by atoms with E-state index in [0.29, 0.717) is 12.5 Å². The molecule has 0 radical (unpaired) electrons. The highest BCUT2D eigenvalue weighted by molar-refractivity contribution is 14.0. The average Bonchev–Trinajstić information content (AvgIpc) is 2.33. The molecule has 0 bridgehead atoms. The second-order valence-electron chi connectivity index (χ2n) is 6.88. The van der Waals surface area contributed by atoms with Crippen molar-refractivity contribution in [1.29, 1.82) is 0 Å². The summed E-state index contributed by atoms with van der Waals surface area (Å²) in [6.45, 7) is 9.91. The van der Waals surface area contributed by atoms with Gasteiger partial charge in [0, 0.05) is 11.6 Å². The van der Waals surface area contributed by atoms with E-state index in [1.54, 1.807) is 19.9 Å². The molecule has 1 aromatic carbocycles. The van der Waals surface area contributed by atoms with Crippen molar-refractivity contribution < 1.29 is 8.42 Å². The van der Waals surface area contributed by atoms with Gasteiger partial charge in [0.15, 0.2) is 5.96 Å². The van der Waals surface area contributed by atoms with Crippen LogP contribution in [0.5, 0.6) is 0 Å². The molecule has 4 N–H and O–H groups in total. The number of nitrogens with zero attached hydrogens (tertiary/aromatic N) is 1. The van der Waals surface area contributed by atoms with E-state index in [9.17, 15) is 8.42 Å². The normalized spacial score (nSPS) is 12.8. The lowest BCUT2D eigenvalue weighted by Crippen LogP contribution is -2.45. The van der Waals surface area contributed by atoms with E-state index in [1.807, 2.05) is 39.0 Å². The minimum atomic E-state index is -3.37. The van der Waals surface area contributed by atoms with Crippen molar-refractivity contribution in [3.63, 3.8) is 0 Å². The van der Waals surface area contributed by atoms with Crippen LogP contribution in [0.15, 0.2) is 29.3 Å². The van der Waals surface area contributed by atoms with Gasteiger partial charge >= 0.3 is 0 Å². The zero-order chi connectivity index (χ0) is 17.7. The molecule has 138 valence electrons. The number of hydrogen-bond donors (Lipinski definition) is 3. The van der Waals surface area contributed by atoms with Gasteiger partial charge in [-0.05, 0) is 45.7 Å². The quantitative estimate of drug-likeness (QED) is 0.339. The van der Waals surface area contributed by atoms with Crippen molar-refractivity contribution in [2.24, 2.45) is 10.7 Å². The fourth-order valence-electron chi connectivity index (χ4n) is 2.05. The molecule has 24 heavy (non-hydrogen) atoms. The number of rotatable bonds is 6. The predicted octanol–water partition coefficient (Wildman–Crippen LogP) is 2.34. The summed E-state index contributed by atoms with van der Waals surface area (Å²) in [5, 5.41) is 3.08. The van der Waals surface area contributed by atoms with E-state index in [4.69, 9.17) is 5.73 Å². The molecule has 0 atom stereocenters. The van der Waals surface area contributed by atoms with Crippen LogP contribution in [0.1, 0.15) is 45.7 Å². The predicted molar refractivity (Wildman–Crippen MR) is 111 cm³/mol. The van der Waals surface area contributed by atoms with Crippen molar-refractivity contribution in [1.82, 2.24) is 10.0 Å². The maximum absolute atomic E-state index is 12.1. The molecular formula is C16H29IN4O2S. The summed E-state index contributed by atoms with van der Waals surface area (Å²) in [6.07, 6.45) is 0. The maximum Gasteiger partial charge on any atom is 0.216 e. The van der Waals surface area contributed by atoms with Crippen LogP contribution in [0, 0.1) is 0 Å². The average molecular weight is 468 g/mol. The van der Waals surface area contributed by atoms with Crippen LogP contribution in [0.3, 0.4) is 0 Å². The molecule has 0 aliphatic heterocycles. The highest BCUT2D eigenvalue weighted by atomic mass is 127. The third-order valence-corrected chi connectivity index (χ3v) is 4.32. The van der Waals surface area contributed by atoms with Gasteiger partial charge in [0.25, 0.3) is 0 Å². The van der Waals surface area contributed by atoms with E-state index < -0.39 is 10.0 Å². The standard InChI is InChI=1S/C16H28N4O2S.HI/c1-12(2)20-23(21,22)11-14-9-7-6-8-13(14)10-18-15(17)19-16(3,4)5;/h6-9,12,20H,10-11H2,1-5H3,(H3,17,18,19);1H. The maximum atomic E-state index is 12.1. The minimum Gasteiger partial charge on any atom is -0.370 e.